The van der Waals surface area contributed by atoms with Crippen LogP contribution in [0.15, 0.2) is 24.3 Å². The zero-order valence-electron chi connectivity index (χ0n) is 26.3. The Morgan fingerprint density at radius 1 is 0.250 bits per heavy atom. The van der Waals surface area contributed by atoms with Crippen molar-refractivity contribution in [2.24, 2.45) is 0 Å². The van der Waals surface area contributed by atoms with E-state index >= 15 is 0 Å². The van der Waals surface area contributed by atoms with Gasteiger partial charge in [0.2, 0.25) is 0 Å². The van der Waals surface area contributed by atoms with E-state index in [0.717, 1.165) is 0 Å². The molecule has 36 heavy (non-hydrogen) atoms. The maximum absolute atomic E-state index is 2.80. The second kappa shape index (κ2) is 7.08. The maximum atomic E-state index is 2.80. The van der Waals surface area contributed by atoms with Gasteiger partial charge in [-0.3, -0.25) is 0 Å². The molecular weight excluding hydrogens is 561 g/mol. The van der Waals surface area contributed by atoms with Crippen LogP contribution in [0.3, 0.4) is 0 Å². The summed E-state index contributed by atoms with van der Waals surface area (Å²) < 4.78 is 0. The van der Waals surface area contributed by atoms with Gasteiger partial charge in [-0.1, -0.05) is 171 Å². The Kier molecular flexibility index (Phi) is 5.45. The minimum absolute atomic E-state index is 1.39. The summed E-state index contributed by atoms with van der Waals surface area (Å²) in [5, 5.41) is 15.7. The predicted octanol–water partition coefficient (Wildman–Crippen LogP) is 3.06. The predicted molar refractivity (Wildman–Crippen MR) is 190 cm³/mol. The van der Waals surface area contributed by atoms with Crippen LogP contribution in [-0.2, 0) is 0 Å². The van der Waals surface area contributed by atoms with Gasteiger partial charge in [0.05, 0.1) is 60.7 Å². The molecule has 5 rings (SSSR count). The van der Waals surface area contributed by atoms with Crippen LogP contribution in [0, 0.1) is 0 Å². The third kappa shape index (κ3) is 2.69. The summed E-state index contributed by atoms with van der Waals surface area (Å²) in [4.78, 5) is 0. The van der Waals surface area contributed by atoms with Crippen molar-refractivity contribution in [3.8, 4) is 0 Å². The highest BCUT2D eigenvalue weighted by atomic mass is 29.3. The van der Waals surface area contributed by atoms with Gasteiger partial charge in [-0.05, 0) is 0 Å². The highest BCUT2D eigenvalue weighted by Gasteiger charge is 2.65. The largest absolute Gasteiger partial charge is 0.0789 e. The molecule has 0 aliphatic carbocycles. The van der Waals surface area contributed by atoms with Gasteiger partial charge in [-0.15, -0.1) is 0 Å². The summed E-state index contributed by atoms with van der Waals surface area (Å²) in [6.07, 6.45) is 0. The van der Waals surface area contributed by atoms with Crippen LogP contribution in [0.2, 0.25) is 105 Å². The van der Waals surface area contributed by atoms with Gasteiger partial charge >= 0.3 is 0 Å². The van der Waals surface area contributed by atoms with Gasteiger partial charge in [-0.25, -0.2) is 0 Å². The minimum Gasteiger partial charge on any atom is -0.0671 e. The summed E-state index contributed by atoms with van der Waals surface area (Å²) in [6.45, 7) is 44.5. The van der Waals surface area contributed by atoms with Crippen LogP contribution in [0.5, 0.6) is 0 Å². The lowest BCUT2D eigenvalue weighted by Gasteiger charge is -2.61. The molecule has 2 aromatic rings. The van der Waals surface area contributed by atoms with Crippen LogP contribution in [0.1, 0.15) is 0 Å². The average molecular weight is 613 g/mol. The Morgan fingerprint density at radius 2 is 0.389 bits per heavy atom. The molecule has 0 saturated carbocycles. The lowest BCUT2D eigenvalue weighted by atomic mass is 10.3. The first-order valence-corrected chi connectivity index (χ1v) is 42.3. The summed E-state index contributed by atoms with van der Waals surface area (Å²) in [6, 6.07) is 11.0. The fourth-order valence-corrected chi connectivity index (χ4v) is 58.8. The highest BCUT2D eigenvalue weighted by Crippen LogP contribution is 2.34. The smallest absolute Gasteiger partial charge is 0.0671 e. The van der Waals surface area contributed by atoms with Crippen LogP contribution >= 0.6 is 0 Å². The molecular formula is C28H52Si8. The third-order valence-corrected chi connectivity index (χ3v) is 85.7. The van der Waals surface area contributed by atoms with E-state index in [9.17, 15) is 0 Å². The Balaban J connectivity index is 2.01. The van der Waals surface area contributed by atoms with Crippen molar-refractivity contribution in [2.45, 2.75) is 105 Å². The number of hydrogen-bond donors (Lipinski definition) is 0. The van der Waals surface area contributed by atoms with Crippen LogP contribution in [0.25, 0.3) is 0 Å². The molecule has 3 aliphatic rings. The van der Waals surface area contributed by atoms with Crippen molar-refractivity contribution < 1.29 is 0 Å². The lowest BCUT2D eigenvalue weighted by Crippen LogP contribution is -2.98. The molecule has 8 heteroatoms. The molecule has 0 atom stereocenters. The van der Waals surface area contributed by atoms with Gasteiger partial charge < -0.3 is 0 Å². The summed E-state index contributed by atoms with van der Waals surface area (Å²) in [7, 11) is -12.3. The van der Waals surface area contributed by atoms with Gasteiger partial charge in [0.25, 0.3) is 0 Å². The van der Waals surface area contributed by atoms with E-state index in [1.807, 2.05) is 41.5 Å². The summed E-state index contributed by atoms with van der Waals surface area (Å²) in [5.41, 5.74) is 0. The molecule has 196 valence electrons. The highest BCUT2D eigenvalue weighted by molar-refractivity contribution is 7.63. The monoisotopic (exact) mass is 612 g/mol. The number of hydrogen-bond acceptors (Lipinski definition) is 0. The molecule has 0 unspecified atom stereocenters. The zero-order valence-corrected chi connectivity index (χ0v) is 34.3. The fourth-order valence-electron chi connectivity index (χ4n) is 8.36. The molecule has 0 radical (unpaired) electrons. The Labute approximate surface area is 230 Å². The molecule has 2 aromatic carbocycles. The molecule has 0 nitrogen and oxygen atoms in total. The van der Waals surface area contributed by atoms with E-state index < -0.39 is 60.7 Å². The number of fused-ring (bicyclic) bond motifs is 12. The van der Waals surface area contributed by atoms with Gasteiger partial charge in [0, 0.05) is 0 Å². The Hall–Kier alpha value is 0.175. The van der Waals surface area contributed by atoms with Gasteiger partial charge in [0.1, 0.15) is 0 Å². The SMILES string of the molecule is C[Si]1(C)c2ccc(c3c2[Si](C)(C)[Si]3(C)C)[Si](C)(C)[Si](C)(C)c2ccc(c3c2[Si](C)(C)[Si]3(C)C)[Si]1(C)C. The number of rotatable bonds is 0. The van der Waals surface area contributed by atoms with E-state index in [0.29, 0.717) is 0 Å². The fraction of sp³-hybridized carbons (Fsp3) is 0.571. The van der Waals surface area contributed by atoms with Crippen molar-refractivity contribution in [2.75, 3.05) is 0 Å². The van der Waals surface area contributed by atoms with Crippen molar-refractivity contribution >= 4 is 102 Å². The second-order valence-corrected chi connectivity index (χ2v) is 77.0. The normalized spacial score (nSPS) is 27.6. The molecule has 0 aromatic heterocycles. The van der Waals surface area contributed by atoms with E-state index in [4.69, 9.17) is 0 Å². The summed E-state index contributed by atoms with van der Waals surface area (Å²) in [5.74, 6) is 0. The molecule has 0 N–H and O–H groups in total. The quantitative estimate of drug-likeness (QED) is 0.401. The van der Waals surface area contributed by atoms with Crippen molar-refractivity contribution in [3.05, 3.63) is 24.3 Å². The second-order valence-electron chi connectivity index (χ2n) is 16.8. The standard InChI is InChI=1S/C28H52Si8/c1-29(2)21-17-18-23(27-25(21)33(9,10)35(27,13)14)31(5,6)32(7,8)24-20-19-22(30(29,3)4)26-28(24)36(15,16)34(26,11)12/h17-20H,1-16H3. The van der Waals surface area contributed by atoms with Crippen molar-refractivity contribution in [1.29, 1.82) is 0 Å². The van der Waals surface area contributed by atoms with E-state index in [1.54, 1.807) is 0 Å². The topological polar surface area (TPSA) is 0 Å². The van der Waals surface area contributed by atoms with Crippen LogP contribution in [0.4, 0.5) is 0 Å². The zero-order chi connectivity index (χ0) is 27.4. The van der Waals surface area contributed by atoms with E-state index in [2.05, 4.69) is 129 Å². The van der Waals surface area contributed by atoms with E-state index in [-0.39, 0.29) is 0 Å². The van der Waals surface area contributed by atoms with Crippen molar-refractivity contribution in [1.82, 2.24) is 0 Å². The van der Waals surface area contributed by atoms with E-state index in [1.165, 1.54) is 0 Å². The Morgan fingerprint density at radius 3 is 0.528 bits per heavy atom. The van der Waals surface area contributed by atoms with Crippen LogP contribution in [-0.4, -0.2) is 60.7 Å². The first-order chi connectivity index (χ1) is 15.9. The lowest BCUT2D eigenvalue weighted by molar-refractivity contribution is 1.63. The molecule has 3 aliphatic heterocycles. The van der Waals surface area contributed by atoms with Crippen LogP contribution < -0.4 is 41.5 Å². The maximum Gasteiger partial charge on any atom is 0.0789 e. The van der Waals surface area contributed by atoms with Gasteiger partial charge in [-0.2, -0.15) is 0 Å². The van der Waals surface area contributed by atoms with Gasteiger partial charge in [0.15, 0.2) is 0 Å². The first kappa shape index (κ1) is 27.7. The molecule has 0 fully saturated rings. The molecule has 0 spiro atoms. The molecule has 4 bridgehead atoms. The molecule has 0 saturated heterocycles. The molecule has 0 amide bonds. The minimum atomic E-state index is -1.69. The third-order valence-electron chi connectivity index (χ3n) is 13.9. The number of benzene rings is 2. The van der Waals surface area contributed by atoms with Crippen molar-refractivity contribution in [3.63, 3.8) is 0 Å². The first-order valence-electron chi connectivity index (χ1n) is 14.3. The summed E-state index contributed by atoms with van der Waals surface area (Å²) >= 11 is 0. The Bertz CT molecular complexity index is 1140. The average Bonchev–Trinajstić information content (AvgIpc) is 2.75. The molecule has 3 heterocycles.